The van der Waals surface area contributed by atoms with Crippen LogP contribution in [-0.2, 0) is 11.2 Å². The zero-order valence-corrected chi connectivity index (χ0v) is 12.1. The molecule has 1 aliphatic heterocycles. The summed E-state index contributed by atoms with van der Waals surface area (Å²) in [4.78, 5) is 11.4. The lowest BCUT2D eigenvalue weighted by molar-refractivity contribution is -0.116. The number of anilines is 1. The lowest BCUT2D eigenvalue weighted by Gasteiger charge is -2.38. The molecule has 0 saturated heterocycles. The van der Waals surface area contributed by atoms with Crippen LogP contribution in [0.3, 0.4) is 0 Å². The van der Waals surface area contributed by atoms with Gasteiger partial charge >= 0.3 is 0 Å². The quantitative estimate of drug-likeness (QED) is 0.865. The molecular weight excluding hydrogens is 250 g/mol. The van der Waals surface area contributed by atoms with Crippen molar-refractivity contribution in [2.24, 2.45) is 5.41 Å². The first-order valence-electron chi connectivity index (χ1n) is 7.69. The smallest absolute Gasteiger partial charge is 0.224 e. The van der Waals surface area contributed by atoms with E-state index in [4.69, 9.17) is 0 Å². The molecule has 3 nitrogen and oxygen atoms in total. The minimum Gasteiger partial charge on any atom is -0.388 e. The van der Waals surface area contributed by atoms with Crippen LogP contribution in [0.2, 0.25) is 0 Å². The summed E-state index contributed by atoms with van der Waals surface area (Å²) in [6.45, 7) is 2.21. The van der Waals surface area contributed by atoms with Crippen LogP contribution in [0.4, 0.5) is 5.69 Å². The predicted octanol–water partition coefficient (Wildman–Crippen LogP) is 3.58. The Morgan fingerprint density at radius 2 is 1.95 bits per heavy atom. The van der Waals surface area contributed by atoms with Crippen molar-refractivity contribution < 1.29 is 9.90 Å². The van der Waals surface area contributed by atoms with Gasteiger partial charge in [0.1, 0.15) is 0 Å². The number of aliphatic hydroxyl groups excluding tert-OH is 1. The molecule has 2 aliphatic rings. The highest BCUT2D eigenvalue weighted by atomic mass is 16.3. The monoisotopic (exact) mass is 273 g/mol. The molecule has 1 fully saturated rings. The van der Waals surface area contributed by atoms with Crippen molar-refractivity contribution in [2.75, 3.05) is 5.32 Å². The van der Waals surface area contributed by atoms with Crippen LogP contribution >= 0.6 is 0 Å². The molecule has 3 rings (SSSR count). The molecule has 0 aromatic heterocycles. The van der Waals surface area contributed by atoms with Gasteiger partial charge in [-0.3, -0.25) is 4.79 Å². The Hall–Kier alpha value is -1.35. The van der Waals surface area contributed by atoms with Gasteiger partial charge in [-0.15, -0.1) is 0 Å². The molecule has 1 aromatic rings. The third kappa shape index (κ3) is 2.47. The van der Waals surface area contributed by atoms with Crippen molar-refractivity contribution in [1.29, 1.82) is 0 Å². The van der Waals surface area contributed by atoms with Gasteiger partial charge in [-0.1, -0.05) is 38.3 Å². The molecule has 20 heavy (non-hydrogen) atoms. The van der Waals surface area contributed by atoms with Crippen molar-refractivity contribution in [1.82, 2.24) is 0 Å². The molecule has 1 aromatic carbocycles. The van der Waals surface area contributed by atoms with E-state index in [0.29, 0.717) is 6.42 Å². The zero-order chi connectivity index (χ0) is 14.2. The summed E-state index contributed by atoms with van der Waals surface area (Å²) in [5.74, 6) is 0.0880. The van der Waals surface area contributed by atoms with Crippen LogP contribution in [0, 0.1) is 5.41 Å². The van der Waals surface area contributed by atoms with Crippen LogP contribution in [0.25, 0.3) is 0 Å². The Labute approximate surface area is 120 Å². The standard InChI is InChI=1S/C17H23NO2/c1-17(9-3-2-4-10-17)16(20)13-5-7-14-12(11-13)6-8-15(19)18-14/h5,7,11,16,20H,2-4,6,8-10H2,1H3,(H,18,19). The highest BCUT2D eigenvalue weighted by Gasteiger charge is 2.35. The summed E-state index contributed by atoms with van der Waals surface area (Å²) >= 11 is 0. The van der Waals surface area contributed by atoms with E-state index in [1.54, 1.807) is 0 Å². The van der Waals surface area contributed by atoms with Crippen LogP contribution in [-0.4, -0.2) is 11.0 Å². The lowest BCUT2D eigenvalue weighted by Crippen LogP contribution is -2.28. The molecule has 1 saturated carbocycles. The van der Waals surface area contributed by atoms with Crippen LogP contribution < -0.4 is 5.32 Å². The maximum atomic E-state index is 11.4. The SMILES string of the molecule is CC1(C(O)c2ccc3c(c2)CCC(=O)N3)CCCCC1. The molecule has 108 valence electrons. The number of carbonyl (C=O) groups excluding carboxylic acids is 1. The van der Waals surface area contributed by atoms with E-state index in [-0.39, 0.29) is 11.3 Å². The third-order valence-electron chi connectivity index (χ3n) is 5.00. The molecule has 1 atom stereocenters. The first-order chi connectivity index (χ1) is 9.58. The molecular formula is C17H23NO2. The van der Waals surface area contributed by atoms with E-state index in [9.17, 15) is 9.90 Å². The van der Waals surface area contributed by atoms with Gasteiger partial charge in [-0.25, -0.2) is 0 Å². The van der Waals surface area contributed by atoms with Gasteiger partial charge < -0.3 is 10.4 Å². The Morgan fingerprint density at radius 1 is 1.20 bits per heavy atom. The number of hydrogen-bond acceptors (Lipinski definition) is 2. The van der Waals surface area contributed by atoms with Crippen LogP contribution in [0.5, 0.6) is 0 Å². The number of hydrogen-bond donors (Lipinski definition) is 2. The first-order valence-corrected chi connectivity index (χ1v) is 7.69. The number of benzene rings is 1. The maximum absolute atomic E-state index is 11.4. The van der Waals surface area contributed by atoms with Gasteiger partial charge in [-0.05, 0) is 41.9 Å². The van der Waals surface area contributed by atoms with Gasteiger partial charge in [0, 0.05) is 12.1 Å². The largest absolute Gasteiger partial charge is 0.388 e. The van der Waals surface area contributed by atoms with Gasteiger partial charge in [0.25, 0.3) is 0 Å². The second-order valence-corrected chi connectivity index (χ2v) is 6.58. The van der Waals surface area contributed by atoms with E-state index in [0.717, 1.165) is 36.1 Å². The lowest BCUT2D eigenvalue weighted by atomic mass is 9.70. The Morgan fingerprint density at radius 3 is 2.70 bits per heavy atom. The van der Waals surface area contributed by atoms with E-state index >= 15 is 0 Å². The highest BCUT2D eigenvalue weighted by molar-refractivity contribution is 5.93. The number of aliphatic hydroxyl groups is 1. The van der Waals surface area contributed by atoms with Crippen molar-refractivity contribution in [3.05, 3.63) is 29.3 Å². The molecule has 1 unspecified atom stereocenters. The molecule has 1 amide bonds. The zero-order valence-electron chi connectivity index (χ0n) is 12.1. The van der Waals surface area contributed by atoms with Crippen molar-refractivity contribution in [2.45, 2.75) is 58.0 Å². The number of fused-ring (bicyclic) bond motifs is 1. The van der Waals surface area contributed by atoms with Gasteiger partial charge in [0.2, 0.25) is 5.91 Å². The minimum absolute atomic E-state index is 0.00437. The van der Waals surface area contributed by atoms with E-state index < -0.39 is 6.10 Å². The third-order valence-corrected chi connectivity index (χ3v) is 5.00. The van der Waals surface area contributed by atoms with E-state index in [2.05, 4.69) is 18.3 Å². The molecule has 1 aliphatic carbocycles. The fourth-order valence-corrected chi connectivity index (χ4v) is 3.61. The summed E-state index contributed by atoms with van der Waals surface area (Å²) in [6.07, 6.45) is 6.85. The molecule has 3 heteroatoms. The average molecular weight is 273 g/mol. The Kier molecular flexibility index (Phi) is 3.55. The number of carbonyl (C=O) groups is 1. The topological polar surface area (TPSA) is 49.3 Å². The summed E-state index contributed by atoms with van der Waals surface area (Å²) < 4.78 is 0. The molecule has 0 radical (unpaired) electrons. The fraction of sp³-hybridized carbons (Fsp3) is 0.588. The summed E-state index contributed by atoms with van der Waals surface area (Å²) in [5, 5.41) is 13.7. The van der Waals surface area contributed by atoms with Gasteiger partial charge in [0.15, 0.2) is 0 Å². The average Bonchev–Trinajstić information content (AvgIpc) is 2.46. The van der Waals surface area contributed by atoms with E-state index in [1.165, 1.54) is 19.3 Å². The van der Waals surface area contributed by atoms with Gasteiger partial charge in [-0.2, -0.15) is 0 Å². The normalized spacial score (nSPS) is 22.8. The summed E-state index contributed by atoms with van der Waals surface area (Å²) in [5.41, 5.74) is 3.07. The molecule has 2 N–H and O–H groups in total. The molecule has 0 bridgehead atoms. The van der Waals surface area contributed by atoms with E-state index in [1.807, 2.05) is 12.1 Å². The molecule has 0 spiro atoms. The number of rotatable bonds is 2. The second-order valence-electron chi connectivity index (χ2n) is 6.58. The Balaban J connectivity index is 1.85. The fourth-order valence-electron chi connectivity index (χ4n) is 3.61. The predicted molar refractivity (Wildman–Crippen MR) is 79.5 cm³/mol. The van der Waals surface area contributed by atoms with Crippen LogP contribution in [0.1, 0.15) is 62.7 Å². The summed E-state index contributed by atoms with van der Waals surface area (Å²) in [6, 6.07) is 5.99. The summed E-state index contributed by atoms with van der Waals surface area (Å²) in [7, 11) is 0. The molecule has 1 heterocycles. The van der Waals surface area contributed by atoms with Crippen molar-refractivity contribution >= 4 is 11.6 Å². The van der Waals surface area contributed by atoms with Gasteiger partial charge in [0.05, 0.1) is 6.10 Å². The number of aryl methyl sites for hydroxylation is 1. The highest BCUT2D eigenvalue weighted by Crippen LogP contribution is 2.46. The van der Waals surface area contributed by atoms with Crippen molar-refractivity contribution in [3.63, 3.8) is 0 Å². The number of amides is 1. The first kappa shape index (κ1) is 13.6. The Bertz CT molecular complexity index is 518. The second kappa shape index (κ2) is 5.21. The van der Waals surface area contributed by atoms with Crippen LogP contribution in [0.15, 0.2) is 18.2 Å². The minimum atomic E-state index is -0.397. The van der Waals surface area contributed by atoms with Crippen molar-refractivity contribution in [3.8, 4) is 0 Å². The number of nitrogens with one attached hydrogen (secondary N) is 1. The maximum Gasteiger partial charge on any atom is 0.224 e.